The number of hydrogen-bond donors (Lipinski definition) is 1. The molecule has 0 saturated carbocycles. The number of aromatic carboxylic acids is 1. The molecule has 0 aliphatic rings. The molecule has 0 radical (unpaired) electrons. The Hall–Kier alpha value is -1.84. The molecule has 0 aromatic carbocycles. The molecule has 4 nitrogen and oxygen atoms in total. The highest BCUT2D eigenvalue weighted by atomic mass is 16.4. The molecule has 2 heterocycles. The second-order valence-electron chi connectivity index (χ2n) is 2.85. The number of rotatable bonds is 1. The predicted octanol–water partition coefficient (Wildman–Crippen LogP) is 1.34. The summed E-state index contributed by atoms with van der Waals surface area (Å²) in [5.74, 6) is -0.923. The molecule has 0 spiro atoms. The molecule has 13 heavy (non-hydrogen) atoms. The van der Waals surface area contributed by atoms with Gasteiger partial charge in [-0.05, 0) is 19.1 Å². The molecule has 0 bridgehead atoms. The molecule has 1 N–H and O–H groups in total. The normalized spacial score (nSPS) is 10.5. The van der Waals surface area contributed by atoms with Gasteiger partial charge in [0, 0.05) is 6.20 Å². The van der Waals surface area contributed by atoms with Crippen LogP contribution in [0.25, 0.3) is 5.52 Å². The van der Waals surface area contributed by atoms with Gasteiger partial charge >= 0.3 is 5.97 Å². The molecular weight excluding hydrogens is 168 g/mol. The Morgan fingerprint density at radius 1 is 1.54 bits per heavy atom. The molecule has 0 aliphatic carbocycles. The number of aryl methyl sites for hydroxylation is 1. The number of imidazole rings is 1. The van der Waals surface area contributed by atoms with Gasteiger partial charge in [0.15, 0.2) is 0 Å². The van der Waals surface area contributed by atoms with Gasteiger partial charge in [0.2, 0.25) is 0 Å². The molecule has 0 unspecified atom stereocenters. The summed E-state index contributed by atoms with van der Waals surface area (Å²) in [6.45, 7) is 1.88. The quantitative estimate of drug-likeness (QED) is 0.713. The third kappa shape index (κ3) is 1.16. The molecule has 0 amide bonds. The van der Waals surface area contributed by atoms with Crippen LogP contribution in [0.5, 0.6) is 0 Å². The minimum Gasteiger partial charge on any atom is -0.478 e. The smallest absolute Gasteiger partial charge is 0.337 e. The summed E-state index contributed by atoms with van der Waals surface area (Å²) in [5, 5.41) is 8.72. The summed E-state index contributed by atoms with van der Waals surface area (Å²) in [6.07, 6.45) is 3.16. The van der Waals surface area contributed by atoms with E-state index in [9.17, 15) is 4.79 Å². The van der Waals surface area contributed by atoms with Crippen molar-refractivity contribution in [2.24, 2.45) is 0 Å². The first-order valence-corrected chi connectivity index (χ1v) is 3.85. The van der Waals surface area contributed by atoms with E-state index in [-0.39, 0.29) is 5.56 Å². The van der Waals surface area contributed by atoms with Crippen LogP contribution in [-0.2, 0) is 0 Å². The number of carboxylic acid groups (broad SMARTS) is 1. The molecule has 4 heteroatoms. The van der Waals surface area contributed by atoms with Crippen molar-refractivity contribution in [1.29, 1.82) is 0 Å². The van der Waals surface area contributed by atoms with E-state index >= 15 is 0 Å². The largest absolute Gasteiger partial charge is 0.478 e. The number of hydrogen-bond acceptors (Lipinski definition) is 2. The van der Waals surface area contributed by atoms with Crippen molar-refractivity contribution in [3.05, 3.63) is 35.9 Å². The zero-order valence-electron chi connectivity index (χ0n) is 7.06. The van der Waals surface area contributed by atoms with E-state index in [1.807, 2.05) is 6.92 Å². The van der Waals surface area contributed by atoms with Crippen molar-refractivity contribution in [3.8, 4) is 0 Å². The summed E-state index contributed by atoms with van der Waals surface area (Å²) in [4.78, 5) is 14.7. The maximum absolute atomic E-state index is 10.6. The molecular formula is C9H8N2O2. The summed E-state index contributed by atoms with van der Waals surface area (Å²) in [5.41, 5.74) is 2.10. The second-order valence-corrected chi connectivity index (χ2v) is 2.85. The van der Waals surface area contributed by atoms with E-state index < -0.39 is 5.97 Å². The van der Waals surface area contributed by atoms with Crippen molar-refractivity contribution >= 4 is 11.5 Å². The Labute approximate surface area is 74.5 Å². The Morgan fingerprint density at radius 3 is 3.00 bits per heavy atom. The lowest BCUT2D eigenvalue weighted by atomic mass is 10.2. The maximum atomic E-state index is 10.6. The predicted molar refractivity (Wildman–Crippen MR) is 46.9 cm³/mol. The Morgan fingerprint density at radius 2 is 2.31 bits per heavy atom. The topological polar surface area (TPSA) is 54.6 Å². The van der Waals surface area contributed by atoms with E-state index in [0.29, 0.717) is 0 Å². The molecule has 2 aromatic heterocycles. The molecule has 0 atom stereocenters. The van der Waals surface area contributed by atoms with Crippen LogP contribution in [-0.4, -0.2) is 20.5 Å². The summed E-state index contributed by atoms with van der Waals surface area (Å²) in [7, 11) is 0. The molecule has 0 aliphatic heterocycles. The third-order valence-corrected chi connectivity index (χ3v) is 1.97. The van der Waals surface area contributed by atoms with Gasteiger partial charge in [0.1, 0.15) is 0 Å². The average Bonchev–Trinajstić information content (AvgIpc) is 2.47. The third-order valence-electron chi connectivity index (χ3n) is 1.97. The fourth-order valence-corrected chi connectivity index (χ4v) is 1.26. The first kappa shape index (κ1) is 7.79. The van der Waals surface area contributed by atoms with E-state index in [0.717, 1.165) is 11.2 Å². The average molecular weight is 176 g/mol. The maximum Gasteiger partial charge on any atom is 0.337 e. The highest BCUT2D eigenvalue weighted by Gasteiger charge is 2.04. The van der Waals surface area contributed by atoms with Gasteiger partial charge in [-0.2, -0.15) is 0 Å². The first-order valence-electron chi connectivity index (χ1n) is 3.85. The van der Waals surface area contributed by atoms with Crippen LogP contribution in [0.4, 0.5) is 0 Å². The minimum absolute atomic E-state index is 0.268. The summed E-state index contributed by atoms with van der Waals surface area (Å²) in [6, 6.07) is 3.33. The van der Waals surface area contributed by atoms with Crippen molar-refractivity contribution < 1.29 is 9.90 Å². The van der Waals surface area contributed by atoms with Crippen LogP contribution in [0.1, 0.15) is 16.1 Å². The highest BCUT2D eigenvalue weighted by molar-refractivity contribution is 5.87. The fraction of sp³-hybridized carbons (Fsp3) is 0.111. The number of pyridine rings is 1. The summed E-state index contributed by atoms with van der Waals surface area (Å²) < 4.78 is 1.71. The lowest BCUT2D eigenvalue weighted by molar-refractivity contribution is 0.0696. The zero-order chi connectivity index (χ0) is 9.42. The number of aromatic nitrogens is 2. The monoisotopic (exact) mass is 176 g/mol. The fourth-order valence-electron chi connectivity index (χ4n) is 1.26. The molecule has 0 fully saturated rings. The lowest BCUT2D eigenvalue weighted by Crippen LogP contribution is -1.97. The van der Waals surface area contributed by atoms with Gasteiger partial charge in [-0.1, -0.05) is 0 Å². The number of carboxylic acids is 1. The Bertz CT molecular complexity index is 473. The number of carbonyl (C=O) groups is 1. The standard InChI is InChI=1S/C9H8N2O2/c1-6-8-3-2-7(9(12)13)4-11(8)5-10-6/h2-5H,1H3,(H,12,13). The van der Waals surface area contributed by atoms with Crippen molar-refractivity contribution in [1.82, 2.24) is 9.38 Å². The van der Waals surface area contributed by atoms with Gasteiger partial charge in [0.05, 0.1) is 23.1 Å². The van der Waals surface area contributed by atoms with Crippen LogP contribution in [0, 0.1) is 6.92 Å². The van der Waals surface area contributed by atoms with Crippen molar-refractivity contribution in [2.75, 3.05) is 0 Å². The van der Waals surface area contributed by atoms with E-state index in [2.05, 4.69) is 4.98 Å². The van der Waals surface area contributed by atoms with Crippen molar-refractivity contribution in [3.63, 3.8) is 0 Å². The number of nitrogens with zero attached hydrogens (tertiary/aromatic N) is 2. The van der Waals surface area contributed by atoms with Crippen LogP contribution < -0.4 is 0 Å². The molecule has 66 valence electrons. The second kappa shape index (κ2) is 2.58. The number of fused-ring (bicyclic) bond motifs is 1. The zero-order valence-corrected chi connectivity index (χ0v) is 7.06. The van der Waals surface area contributed by atoms with E-state index in [1.165, 1.54) is 0 Å². The van der Waals surface area contributed by atoms with Crippen LogP contribution in [0.15, 0.2) is 24.7 Å². The van der Waals surface area contributed by atoms with Gasteiger partial charge in [-0.25, -0.2) is 9.78 Å². The molecule has 2 aromatic rings. The molecule has 2 rings (SSSR count). The minimum atomic E-state index is -0.923. The molecule has 0 saturated heterocycles. The van der Waals surface area contributed by atoms with Crippen LogP contribution in [0.2, 0.25) is 0 Å². The van der Waals surface area contributed by atoms with E-state index in [1.54, 1.807) is 29.1 Å². The Kier molecular flexibility index (Phi) is 1.55. The van der Waals surface area contributed by atoms with Gasteiger partial charge in [0.25, 0.3) is 0 Å². The van der Waals surface area contributed by atoms with Crippen molar-refractivity contribution in [2.45, 2.75) is 6.92 Å². The Balaban J connectivity index is 2.70. The van der Waals surface area contributed by atoms with Gasteiger partial charge < -0.3 is 9.51 Å². The highest BCUT2D eigenvalue weighted by Crippen LogP contribution is 2.09. The van der Waals surface area contributed by atoms with Crippen LogP contribution in [0.3, 0.4) is 0 Å². The summed E-state index contributed by atoms with van der Waals surface area (Å²) >= 11 is 0. The first-order chi connectivity index (χ1) is 6.18. The van der Waals surface area contributed by atoms with Gasteiger partial charge in [-0.3, -0.25) is 0 Å². The van der Waals surface area contributed by atoms with Crippen LogP contribution >= 0.6 is 0 Å². The SMILES string of the molecule is Cc1ncn2cc(C(=O)O)ccc12. The lowest BCUT2D eigenvalue weighted by Gasteiger charge is -1.96. The van der Waals surface area contributed by atoms with Gasteiger partial charge in [-0.15, -0.1) is 0 Å². The van der Waals surface area contributed by atoms with E-state index in [4.69, 9.17) is 5.11 Å².